The molecule has 2 nitrogen and oxygen atoms in total. The number of benzene rings is 1. The quantitative estimate of drug-likeness (QED) is 0.664. The zero-order valence-electron chi connectivity index (χ0n) is 6.37. The van der Waals surface area contributed by atoms with Crippen LogP contribution in [0.15, 0.2) is 24.3 Å². The molecule has 0 saturated carbocycles. The largest absolute Gasteiger partial charge is 0.380 e. The molecule has 1 aromatic rings. The fraction of sp³-hybridized carbons (Fsp3) is 0.222. The molecule has 1 rings (SSSR count). The normalized spacial score (nSPS) is 12.1. The van der Waals surface area contributed by atoms with Gasteiger partial charge >= 0.3 is 0 Å². The van der Waals surface area contributed by atoms with E-state index in [-0.39, 0.29) is 12.1 Å². The molecule has 0 bridgehead atoms. The van der Waals surface area contributed by atoms with Crippen molar-refractivity contribution >= 4 is 0 Å². The number of aliphatic hydroxyl groups is 1. The van der Waals surface area contributed by atoms with Crippen LogP contribution in [0.3, 0.4) is 0 Å². The van der Waals surface area contributed by atoms with Gasteiger partial charge in [0.25, 0.3) is 0 Å². The highest BCUT2D eigenvalue weighted by Gasteiger charge is 2.13. The Morgan fingerprint density at radius 3 is 2.75 bits per heavy atom. The summed E-state index contributed by atoms with van der Waals surface area (Å²) in [6.07, 6.45) is -1.01. The third-order valence-electron chi connectivity index (χ3n) is 1.53. The Labute approximate surface area is 70.1 Å². The number of hydrogen-bond donors (Lipinski definition) is 1. The molecular formula is C9H8FNO. The summed E-state index contributed by atoms with van der Waals surface area (Å²) in [6.45, 7) is 6.40. The Hall–Kier alpha value is -1.40. The van der Waals surface area contributed by atoms with Crippen LogP contribution < -0.4 is 0 Å². The van der Waals surface area contributed by atoms with Crippen molar-refractivity contribution in [3.8, 4) is 0 Å². The lowest BCUT2D eigenvalue weighted by atomic mass is 10.1. The maximum Gasteiger partial charge on any atom is 0.244 e. The molecule has 1 N–H and O–H groups in total. The first kappa shape index (κ1) is 8.69. The smallest absolute Gasteiger partial charge is 0.244 e. The van der Waals surface area contributed by atoms with Gasteiger partial charge in [0.15, 0.2) is 6.10 Å². The Morgan fingerprint density at radius 1 is 1.50 bits per heavy atom. The third-order valence-corrected chi connectivity index (χ3v) is 1.53. The van der Waals surface area contributed by atoms with E-state index in [1.165, 1.54) is 12.1 Å². The Morgan fingerprint density at radius 2 is 2.17 bits per heavy atom. The number of rotatable bonds is 2. The van der Waals surface area contributed by atoms with Gasteiger partial charge in [0.05, 0.1) is 0 Å². The van der Waals surface area contributed by atoms with Crippen molar-refractivity contribution in [2.75, 3.05) is 6.54 Å². The molecule has 0 radical (unpaired) electrons. The minimum absolute atomic E-state index is 0.0963. The lowest BCUT2D eigenvalue weighted by Crippen LogP contribution is -2.02. The molecule has 62 valence electrons. The first-order chi connectivity index (χ1) is 5.75. The molecule has 0 saturated heterocycles. The topological polar surface area (TPSA) is 24.6 Å². The fourth-order valence-electron chi connectivity index (χ4n) is 0.930. The minimum atomic E-state index is -1.01. The monoisotopic (exact) mass is 165 g/mol. The van der Waals surface area contributed by atoms with Gasteiger partial charge in [-0.15, -0.1) is 0 Å². The molecule has 0 heterocycles. The summed E-state index contributed by atoms with van der Waals surface area (Å²) in [6, 6.07) is 5.92. The van der Waals surface area contributed by atoms with Gasteiger partial charge in [-0.2, -0.15) is 0 Å². The van der Waals surface area contributed by atoms with Gasteiger partial charge in [-0.05, 0) is 6.07 Å². The van der Waals surface area contributed by atoms with Gasteiger partial charge in [-0.25, -0.2) is 11.0 Å². The summed E-state index contributed by atoms with van der Waals surface area (Å²) in [5.41, 5.74) is 0.188. The van der Waals surface area contributed by atoms with E-state index in [4.69, 9.17) is 6.57 Å². The zero-order valence-corrected chi connectivity index (χ0v) is 6.37. The van der Waals surface area contributed by atoms with Crippen molar-refractivity contribution in [1.29, 1.82) is 0 Å². The van der Waals surface area contributed by atoms with Crippen LogP contribution >= 0.6 is 0 Å². The van der Waals surface area contributed by atoms with Crippen LogP contribution in [0.25, 0.3) is 4.85 Å². The van der Waals surface area contributed by atoms with Crippen LogP contribution in [0.5, 0.6) is 0 Å². The number of nitrogens with zero attached hydrogens (tertiary/aromatic N) is 1. The molecule has 1 unspecified atom stereocenters. The average Bonchev–Trinajstić information content (AvgIpc) is 2.05. The predicted octanol–water partition coefficient (Wildman–Crippen LogP) is 1.78. The van der Waals surface area contributed by atoms with E-state index in [9.17, 15) is 9.50 Å². The molecule has 0 aliphatic heterocycles. The summed E-state index contributed by atoms with van der Waals surface area (Å²) in [4.78, 5) is 2.99. The molecule has 0 aliphatic rings. The second-order valence-corrected chi connectivity index (χ2v) is 2.38. The molecule has 0 amide bonds. The van der Waals surface area contributed by atoms with Crippen molar-refractivity contribution in [2.24, 2.45) is 0 Å². The van der Waals surface area contributed by atoms with E-state index in [1.807, 2.05) is 0 Å². The molecule has 3 heteroatoms. The average molecular weight is 165 g/mol. The van der Waals surface area contributed by atoms with Crippen molar-refractivity contribution in [1.82, 2.24) is 0 Å². The van der Waals surface area contributed by atoms with Crippen molar-refractivity contribution < 1.29 is 9.50 Å². The maximum atomic E-state index is 12.9. The zero-order chi connectivity index (χ0) is 8.97. The van der Waals surface area contributed by atoms with E-state index in [0.717, 1.165) is 0 Å². The Balaban J connectivity index is 2.88. The van der Waals surface area contributed by atoms with Crippen LogP contribution in [0.4, 0.5) is 4.39 Å². The first-order valence-corrected chi connectivity index (χ1v) is 3.51. The predicted molar refractivity (Wildman–Crippen MR) is 42.8 cm³/mol. The summed E-state index contributed by atoms with van der Waals surface area (Å²) in [7, 11) is 0. The van der Waals surface area contributed by atoms with Gasteiger partial charge in [0, 0.05) is 5.56 Å². The highest BCUT2D eigenvalue weighted by Crippen LogP contribution is 2.16. The summed E-state index contributed by atoms with van der Waals surface area (Å²) < 4.78 is 12.9. The molecular weight excluding hydrogens is 157 g/mol. The van der Waals surface area contributed by atoms with E-state index in [0.29, 0.717) is 0 Å². The lowest BCUT2D eigenvalue weighted by molar-refractivity contribution is 0.190. The van der Waals surface area contributed by atoms with Crippen LogP contribution in [-0.4, -0.2) is 11.7 Å². The van der Waals surface area contributed by atoms with Gasteiger partial charge in [0.2, 0.25) is 6.54 Å². The van der Waals surface area contributed by atoms with E-state index in [2.05, 4.69) is 4.85 Å². The van der Waals surface area contributed by atoms with Crippen molar-refractivity contribution in [3.05, 3.63) is 47.1 Å². The second-order valence-electron chi connectivity index (χ2n) is 2.38. The summed E-state index contributed by atoms with van der Waals surface area (Å²) in [5, 5.41) is 9.25. The highest BCUT2D eigenvalue weighted by atomic mass is 19.1. The van der Waals surface area contributed by atoms with Gasteiger partial charge in [-0.1, -0.05) is 18.2 Å². The van der Waals surface area contributed by atoms with E-state index in [1.54, 1.807) is 12.1 Å². The molecule has 0 fully saturated rings. The maximum absolute atomic E-state index is 12.9. The summed E-state index contributed by atoms with van der Waals surface area (Å²) in [5.74, 6) is -0.464. The Kier molecular flexibility index (Phi) is 2.78. The standard InChI is InChI=1S/C9H8FNO/c1-11-6-9(12)7-4-2-3-5-8(7)10/h2-5,9,12H,6H2. The van der Waals surface area contributed by atoms with Crippen LogP contribution in [0, 0.1) is 12.4 Å². The molecule has 12 heavy (non-hydrogen) atoms. The number of halogens is 1. The molecule has 1 aromatic carbocycles. The first-order valence-electron chi connectivity index (χ1n) is 3.51. The van der Waals surface area contributed by atoms with Gasteiger partial charge in [-0.3, -0.25) is 0 Å². The Bertz CT molecular complexity index is 306. The van der Waals surface area contributed by atoms with Crippen LogP contribution in [0.1, 0.15) is 11.7 Å². The summed E-state index contributed by atoms with van der Waals surface area (Å²) >= 11 is 0. The number of hydrogen-bond acceptors (Lipinski definition) is 1. The van der Waals surface area contributed by atoms with Crippen LogP contribution in [-0.2, 0) is 0 Å². The molecule has 0 spiro atoms. The number of aliphatic hydroxyl groups excluding tert-OH is 1. The molecule has 0 aliphatic carbocycles. The minimum Gasteiger partial charge on any atom is -0.380 e. The molecule has 1 atom stereocenters. The van der Waals surface area contributed by atoms with E-state index < -0.39 is 11.9 Å². The van der Waals surface area contributed by atoms with E-state index >= 15 is 0 Å². The lowest BCUT2D eigenvalue weighted by Gasteiger charge is -2.04. The second kappa shape index (κ2) is 3.84. The molecule has 0 aromatic heterocycles. The van der Waals surface area contributed by atoms with Gasteiger partial charge < -0.3 is 9.95 Å². The third kappa shape index (κ3) is 1.80. The van der Waals surface area contributed by atoms with Crippen molar-refractivity contribution in [3.63, 3.8) is 0 Å². The SMILES string of the molecule is [C-]#[N+]CC(O)c1ccccc1F. The highest BCUT2D eigenvalue weighted by molar-refractivity contribution is 5.20. The van der Waals surface area contributed by atoms with Crippen molar-refractivity contribution in [2.45, 2.75) is 6.10 Å². The van der Waals surface area contributed by atoms with Crippen LogP contribution in [0.2, 0.25) is 0 Å². The fourth-order valence-corrected chi connectivity index (χ4v) is 0.930. The van der Waals surface area contributed by atoms with Gasteiger partial charge in [0.1, 0.15) is 5.82 Å².